The van der Waals surface area contributed by atoms with Gasteiger partial charge in [0.1, 0.15) is 11.4 Å². The minimum atomic E-state index is -0.458. The molecular formula is C28H29ClN4O3. The Bertz CT molecular complexity index is 1190. The number of hydrogen-bond donors (Lipinski definition) is 3. The maximum absolute atomic E-state index is 13.4. The van der Waals surface area contributed by atoms with Gasteiger partial charge in [-0.05, 0) is 47.5 Å². The zero-order chi connectivity index (χ0) is 25.3. The van der Waals surface area contributed by atoms with Crippen LogP contribution in [0.3, 0.4) is 0 Å². The molecule has 7 nitrogen and oxygen atoms in total. The van der Waals surface area contributed by atoms with Crippen LogP contribution in [0.5, 0.6) is 5.75 Å². The van der Waals surface area contributed by atoms with E-state index in [1.54, 1.807) is 24.3 Å². The van der Waals surface area contributed by atoms with Crippen LogP contribution < -0.4 is 10.1 Å². The fourth-order valence-corrected chi connectivity index (χ4v) is 4.18. The van der Waals surface area contributed by atoms with Crippen molar-refractivity contribution in [2.75, 3.05) is 44.6 Å². The molecule has 1 fully saturated rings. The quantitative estimate of drug-likeness (QED) is 0.227. The number of hydrogen-bond acceptors (Lipinski definition) is 6. The van der Waals surface area contributed by atoms with Crippen molar-refractivity contribution in [3.8, 4) is 16.9 Å². The number of aliphatic hydroxyl groups excluding tert-OH is 1. The van der Waals surface area contributed by atoms with E-state index in [2.05, 4.69) is 10.2 Å². The molecule has 3 aromatic carbocycles. The van der Waals surface area contributed by atoms with Gasteiger partial charge in [0.25, 0.3) is 5.91 Å². The Labute approximate surface area is 216 Å². The van der Waals surface area contributed by atoms with Crippen molar-refractivity contribution in [3.05, 3.63) is 95.3 Å². The number of anilines is 1. The van der Waals surface area contributed by atoms with E-state index in [0.29, 0.717) is 41.8 Å². The number of ether oxygens (including phenoxy) is 1. The van der Waals surface area contributed by atoms with Gasteiger partial charge in [0.05, 0.1) is 6.61 Å². The van der Waals surface area contributed by atoms with Crippen LogP contribution in [0, 0.1) is 5.41 Å². The average Bonchev–Trinajstić information content (AvgIpc) is 2.92. The van der Waals surface area contributed by atoms with E-state index >= 15 is 0 Å². The molecule has 4 rings (SSSR count). The first kappa shape index (κ1) is 25.4. The lowest BCUT2D eigenvalue weighted by atomic mass is 10.1. The zero-order valence-electron chi connectivity index (χ0n) is 19.9. The number of β-amino-alcohol motifs (C(OH)–C–C–N with tert-alkyl or cyclic N) is 1. The number of nitrogens with zero attached hydrogens (tertiary/aromatic N) is 2. The van der Waals surface area contributed by atoms with Crippen LogP contribution in [-0.4, -0.2) is 66.4 Å². The van der Waals surface area contributed by atoms with Crippen molar-refractivity contribution in [2.45, 2.75) is 0 Å². The van der Waals surface area contributed by atoms with Gasteiger partial charge in [0.2, 0.25) is 5.76 Å². The number of rotatable bonds is 9. The SMILES string of the molecule is N=C/C(=C(/Oc1ccc(-c2ccccc2)cc1)C(=O)Nc1ccc(Cl)cc1)N1CCN(CCO)CC1. The molecule has 1 saturated heterocycles. The number of aliphatic hydroxyl groups is 1. The Hall–Kier alpha value is -3.65. The van der Waals surface area contributed by atoms with E-state index in [-0.39, 0.29) is 12.4 Å². The monoisotopic (exact) mass is 504 g/mol. The normalized spacial score (nSPS) is 14.7. The molecule has 1 amide bonds. The fraction of sp³-hybridized carbons (Fsp3) is 0.214. The van der Waals surface area contributed by atoms with Gasteiger partial charge >= 0.3 is 0 Å². The summed E-state index contributed by atoms with van der Waals surface area (Å²) in [5, 5.41) is 20.8. The molecule has 186 valence electrons. The highest BCUT2D eigenvalue weighted by molar-refractivity contribution is 6.30. The Morgan fingerprint density at radius 1 is 0.944 bits per heavy atom. The predicted molar refractivity (Wildman–Crippen MR) is 143 cm³/mol. The number of allylic oxidation sites excluding steroid dienone is 1. The van der Waals surface area contributed by atoms with Crippen molar-refractivity contribution in [1.29, 1.82) is 5.41 Å². The summed E-state index contributed by atoms with van der Waals surface area (Å²) in [6, 6.07) is 24.3. The molecule has 8 heteroatoms. The summed E-state index contributed by atoms with van der Waals surface area (Å²) in [7, 11) is 0. The highest BCUT2D eigenvalue weighted by Crippen LogP contribution is 2.25. The first-order valence-electron chi connectivity index (χ1n) is 11.8. The summed E-state index contributed by atoms with van der Waals surface area (Å²) < 4.78 is 6.14. The summed E-state index contributed by atoms with van der Waals surface area (Å²) in [6.45, 7) is 3.36. The molecule has 0 radical (unpaired) electrons. The van der Waals surface area contributed by atoms with Crippen LogP contribution in [0.2, 0.25) is 5.02 Å². The van der Waals surface area contributed by atoms with Crippen molar-refractivity contribution in [2.24, 2.45) is 0 Å². The Kier molecular flexibility index (Phi) is 8.73. The van der Waals surface area contributed by atoms with Gasteiger partial charge in [-0.25, -0.2) is 0 Å². The van der Waals surface area contributed by atoms with Gasteiger partial charge in [0, 0.05) is 49.6 Å². The molecule has 0 saturated carbocycles. The lowest BCUT2D eigenvalue weighted by molar-refractivity contribution is -0.115. The van der Waals surface area contributed by atoms with E-state index in [1.165, 1.54) is 0 Å². The first-order chi connectivity index (χ1) is 17.6. The molecule has 0 bridgehead atoms. The van der Waals surface area contributed by atoms with E-state index in [1.807, 2.05) is 59.5 Å². The van der Waals surface area contributed by atoms with E-state index < -0.39 is 5.91 Å². The topological polar surface area (TPSA) is 88.9 Å². The number of halogens is 1. The maximum Gasteiger partial charge on any atom is 0.293 e. The summed E-state index contributed by atoms with van der Waals surface area (Å²) in [4.78, 5) is 17.5. The summed E-state index contributed by atoms with van der Waals surface area (Å²) >= 11 is 5.98. The van der Waals surface area contributed by atoms with Crippen LogP contribution in [0.4, 0.5) is 5.69 Å². The van der Waals surface area contributed by atoms with E-state index in [0.717, 1.165) is 30.4 Å². The third kappa shape index (κ3) is 6.51. The van der Waals surface area contributed by atoms with Crippen LogP contribution >= 0.6 is 11.6 Å². The lowest BCUT2D eigenvalue weighted by Crippen LogP contribution is -2.47. The molecular weight excluding hydrogens is 476 g/mol. The summed E-state index contributed by atoms with van der Waals surface area (Å²) in [6.07, 6.45) is 1.16. The van der Waals surface area contributed by atoms with Gasteiger partial charge in [0.15, 0.2) is 0 Å². The number of benzene rings is 3. The predicted octanol–water partition coefficient (Wildman–Crippen LogP) is 4.50. The van der Waals surface area contributed by atoms with Gasteiger partial charge in [-0.2, -0.15) is 0 Å². The second-order valence-corrected chi connectivity index (χ2v) is 8.80. The summed E-state index contributed by atoms with van der Waals surface area (Å²) in [5.41, 5.74) is 3.09. The number of nitrogens with one attached hydrogen (secondary N) is 2. The fourth-order valence-electron chi connectivity index (χ4n) is 4.05. The smallest absolute Gasteiger partial charge is 0.293 e. The lowest BCUT2D eigenvalue weighted by Gasteiger charge is -2.36. The minimum Gasteiger partial charge on any atom is -0.449 e. The molecule has 3 aromatic rings. The van der Waals surface area contributed by atoms with Gasteiger partial charge in [-0.3, -0.25) is 9.69 Å². The third-order valence-corrected chi connectivity index (χ3v) is 6.24. The number of carbonyl (C=O) groups excluding carboxylic acids is 1. The number of carbonyl (C=O) groups is 1. The van der Waals surface area contributed by atoms with Crippen LogP contribution in [0.25, 0.3) is 11.1 Å². The van der Waals surface area contributed by atoms with Gasteiger partial charge in [-0.15, -0.1) is 0 Å². The average molecular weight is 505 g/mol. The Balaban J connectivity index is 1.61. The van der Waals surface area contributed by atoms with Gasteiger partial charge < -0.3 is 25.5 Å². The Morgan fingerprint density at radius 2 is 1.58 bits per heavy atom. The second kappa shape index (κ2) is 12.4. The molecule has 1 aliphatic heterocycles. The largest absolute Gasteiger partial charge is 0.449 e. The zero-order valence-corrected chi connectivity index (χ0v) is 20.6. The van der Waals surface area contributed by atoms with E-state index in [4.69, 9.17) is 21.7 Å². The number of amides is 1. The number of piperazine rings is 1. The molecule has 0 aliphatic carbocycles. The highest BCUT2D eigenvalue weighted by atomic mass is 35.5. The molecule has 3 N–H and O–H groups in total. The van der Waals surface area contributed by atoms with Gasteiger partial charge in [-0.1, -0.05) is 54.1 Å². The van der Waals surface area contributed by atoms with Crippen LogP contribution in [-0.2, 0) is 4.79 Å². The molecule has 0 spiro atoms. The maximum atomic E-state index is 13.4. The second-order valence-electron chi connectivity index (χ2n) is 8.36. The minimum absolute atomic E-state index is 0.0445. The van der Waals surface area contributed by atoms with E-state index in [9.17, 15) is 9.90 Å². The van der Waals surface area contributed by atoms with Crippen molar-refractivity contribution in [3.63, 3.8) is 0 Å². The highest BCUT2D eigenvalue weighted by Gasteiger charge is 2.25. The Morgan fingerprint density at radius 3 is 2.19 bits per heavy atom. The molecule has 1 heterocycles. The van der Waals surface area contributed by atoms with Crippen molar-refractivity contribution >= 4 is 29.4 Å². The van der Waals surface area contributed by atoms with Crippen LogP contribution in [0.1, 0.15) is 0 Å². The first-order valence-corrected chi connectivity index (χ1v) is 12.2. The van der Waals surface area contributed by atoms with Crippen molar-refractivity contribution < 1.29 is 14.6 Å². The standard InChI is InChI=1S/C28H29ClN4O3/c29-23-8-10-24(11-9-23)31-28(35)27(26(20-30)33-16-14-32(15-17-33)18-19-34)36-25-12-6-22(7-13-25)21-4-2-1-3-5-21/h1-13,20,30,34H,14-19H2,(H,31,35)/b27-26-,30-20?. The molecule has 0 unspecified atom stereocenters. The molecule has 1 aliphatic rings. The third-order valence-electron chi connectivity index (χ3n) is 5.99. The van der Waals surface area contributed by atoms with Crippen LogP contribution in [0.15, 0.2) is 90.3 Å². The molecule has 0 atom stereocenters. The van der Waals surface area contributed by atoms with Crippen molar-refractivity contribution in [1.82, 2.24) is 9.80 Å². The molecule has 36 heavy (non-hydrogen) atoms. The molecule has 0 aromatic heterocycles. The summed E-state index contributed by atoms with van der Waals surface area (Å²) in [5.74, 6) is 0.0815.